The van der Waals surface area contributed by atoms with Crippen molar-refractivity contribution in [3.8, 4) is 11.1 Å². The lowest BCUT2D eigenvalue weighted by Crippen LogP contribution is -2.13. The third-order valence-electron chi connectivity index (χ3n) is 6.16. The predicted molar refractivity (Wildman–Crippen MR) is 130 cm³/mol. The highest BCUT2D eigenvalue weighted by Crippen LogP contribution is 2.40. The molecule has 1 aliphatic carbocycles. The number of halogens is 1. The molecule has 5 aromatic rings. The number of fused-ring (bicyclic) bond motifs is 3. The van der Waals surface area contributed by atoms with Crippen LogP contribution in [-0.2, 0) is 0 Å². The molecule has 2 N–H and O–H groups in total. The number of hydrogen-bond acceptors (Lipinski definition) is 5. The minimum Gasteiger partial charge on any atom is -0.368 e. The Morgan fingerprint density at radius 2 is 1.78 bits per heavy atom. The van der Waals surface area contributed by atoms with Crippen LogP contribution in [-0.4, -0.2) is 26.6 Å². The average Bonchev–Trinajstić information content (AvgIpc) is 3.61. The second-order valence-electron chi connectivity index (χ2n) is 8.30. The zero-order chi connectivity index (χ0) is 21.8. The first-order valence-corrected chi connectivity index (χ1v) is 11.0. The van der Waals surface area contributed by atoms with Crippen molar-refractivity contribution in [2.45, 2.75) is 18.8 Å². The molecule has 7 heteroatoms. The van der Waals surface area contributed by atoms with E-state index in [1.807, 2.05) is 25.2 Å². The first-order valence-electron chi connectivity index (χ1n) is 10.6. The van der Waals surface area contributed by atoms with E-state index in [-0.39, 0.29) is 5.95 Å². The summed E-state index contributed by atoms with van der Waals surface area (Å²) in [4.78, 5) is 6.82. The van der Waals surface area contributed by atoms with Gasteiger partial charge in [0.2, 0.25) is 5.95 Å². The highest BCUT2D eigenvalue weighted by atomic mass is 35.5. The molecule has 1 saturated carbocycles. The fourth-order valence-electron chi connectivity index (χ4n) is 4.26. The van der Waals surface area contributed by atoms with Crippen molar-refractivity contribution < 1.29 is 0 Å². The highest BCUT2D eigenvalue weighted by molar-refractivity contribution is 6.31. The van der Waals surface area contributed by atoms with E-state index >= 15 is 0 Å². The molecule has 0 radical (unpaired) electrons. The van der Waals surface area contributed by atoms with Gasteiger partial charge in [-0.1, -0.05) is 48.0 Å². The first-order chi connectivity index (χ1) is 15.6. The lowest BCUT2D eigenvalue weighted by Gasteiger charge is -2.21. The minimum atomic E-state index is 0.283. The summed E-state index contributed by atoms with van der Waals surface area (Å²) in [5.74, 6) is 2.24. The summed E-state index contributed by atoms with van der Waals surface area (Å²) < 4.78 is 1.72. The average molecular weight is 441 g/mol. The van der Waals surface area contributed by atoms with Gasteiger partial charge in [-0.05, 0) is 65.8 Å². The maximum atomic E-state index is 6.28. The van der Waals surface area contributed by atoms with Crippen LogP contribution in [0, 0.1) is 0 Å². The maximum absolute atomic E-state index is 6.28. The molecular weight excluding hydrogens is 420 g/mol. The quantitative estimate of drug-likeness (QED) is 0.381. The van der Waals surface area contributed by atoms with E-state index in [0.717, 1.165) is 33.9 Å². The second-order valence-corrected chi connectivity index (χ2v) is 8.73. The minimum absolute atomic E-state index is 0.283. The molecule has 1 aliphatic rings. The summed E-state index contributed by atoms with van der Waals surface area (Å²) >= 11 is 6.28. The Bertz CT molecular complexity index is 1470. The third kappa shape index (κ3) is 3.15. The number of aromatic nitrogens is 4. The summed E-state index contributed by atoms with van der Waals surface area (Å²) in [5.41, 5.74) is 11.7. The molecule has 0 bridgehead atoms. The summed E-state index contributed by atoms with van der Waals surface area (Å²) in [6, 6.07) is 23.1. The Hall–Kier alpha value is -3.64. The molecule has 6 nitrogen and oxygen atoms in total. The molecule has 0 unspecified atom stereocenters. The molecule has 0 saturated heterocycles. The Balaban J connectivity index is 1.44. The van der Waals surface area contributed by atoms with Gasteiger partial charge in [0.05, 0.1) is 5.52 Å². The molecule has 2 aromatic heterocycles. The van der Waals surface area contributed by atoms with Crippen LogP contribution >= 0.6 is 11.6 Å². The number of nitrogens with two attached hydrogens (primary N) is 1. The van der Waals surface area contributed by atoms with E-state index in [1.165, 1.54) is 24.0 Å². The van der Waals surface area contributed by atoms with Crippen LogP contribution in [0.3, 0.4) is 0 Å². The Morgan fingerprint density at radius 3 is 2.56 bits per heavy atom. The smallest absolute Gasteiger partial charge is 0.258 e. The van der Waals surface area contributed by atoms with Gasteiger partial charge < -0.3 is 10.6 Å². The molecule has 32 heavy (non-hydrogen) atoms. The van der Waals surface area contributed by atoms with Crippen LogP contribution in [0.4, 0.5) is 17.5 Å². The molecule has 0 aliphatic heterocycles. The van der Waals surface area contributed by atoms with Gasteiger partial charge in [0.1, 0.15) is 5.82 Å². The van der Waals surface area contributed by atoms with Gasteiger partial charge in [-0.25, -0.2) is 4.40 Å². The zero-order valence-electron chi connectivity index (χ0n) is 17.5. The maximum Gasteiger partial charge on any atom is 0.258 e. The molecule has 158 valence electrons. The van der Waals surface area contributed by atoms with E-state index in [9.17, 15) is 0 Å². The molecule has 0 spiro atoms. The van der Waals surface area contributed by atoms with E-state index in [4.69, 9.17) is 22.3 Å². The summed E-state index contributed by atoms with van der Waals surface area (Å²) in [7, 11) is 2.00. The Morgan fingerprint density at radius 1 is 0.969 bits per heavy atom. The first kappa shape index (κ1) is 19.1. The molecule has 3 aromatic carbocycles. The van der Waals surface area contributed by atoms with Gasteiger partial charge in [-0.2, -0.15) is 4.98 Å². The zero-order valence-corrected chi connectivity index (χ0v) is 18.3. The summed E-state index contributed by atoms with van der Waals surface area (Å²) in [6.45, 7) is 0. The Labute approximate surface area is 190 Å². The van der Waals surface area contributed by atoms with E-state index < -0.39 is 0 Å². The van der Waals surface area contributed by atoms with Crippen molar-refractivity contribution in [3.05, 3.63) is 77.3 Å². The largest absolute Gasteiger partial charge is 0.368 e. The van der Waals surface area contributed by atoms with Crippen LogP contribution < -0.4 is 10.6 Å². The van der Waals surface area contributed by atoms with Crippen molar-refractivity contribution in [1.82, 2.24) is 19.6 Å². The number of anilines is 3. The normalized spacial score (nSPS) is 13.7. The number of nitrogen functional groups attached to an aromatic ring is 1. The Kier molecular flexibility index (Phi) is 4.30. The van der Waals surface area contributed by atoms with E-state index in [0.29, 0.717) is 10.8 Å². The molecule has 2 heterocycles. The fourth-order valence-corrected chi connectivity index (χ4v) is 4.43. The van der Waals surface area contributed by atoms with Gasteiger partial charge in [-0.15, -0.1) is 10.2 Å². The van der Waals surface area contributed by atoms with Gasteiger partial charge >= 0.3 is 0 Å². The molecule has 6 rings (SSSR count). The molecular formula is C25H21ClN6. The number of benzene rings is 3. The SMILES string of the molecule is CN(c1cccc(-c2ccc(C3CC3)cc2)c1)c1nc2nnc(N)n2c2cc(Cl)ccc12. The van der Waals surface area contributed by atoms with Crippen molar-refractivity contribution >= 4 is 45.7 Å². The number of nitrogens with zero attached hydrogens (tertiary/aromatic N) is 5. The fraction of sp³-hybridized carbons (Fsp3) is 0.160. The molecule has 1 fully saturated rings. The van der Waals surface area contributed by atoms with Gasteiger partial charge in [0.15, 0.2) is 0 Å². The van der Waals surface area contributed by atoms with Crippen molar-refractivity contribution in [3.63, 3.8) is 0 Å². The van der Waals surface area contributed by atoms with E-state index in [2.05, 4.69) is 63.6 Å². The van der Waals surface area contributed by atoms with Crippen LogP contribution in [0.25, 0.3) is 27.8 Å². The number of hydrogen-bond donors (Lipinski definition) is 1. The third-order valence-corrected chi connectivity index (χ3v) is 6.40. The predicted octanol–water partition coefficient (Wildman–Crippen LogP) is 5.83. The highest BCUT2D eigenvalue weighted by Gasteiger charge is 2.23. The monoisotopic (exact) mass is 440 g/mol. The standard InChI is InChI=1S/C25H21ClN6/c1-31(20-4-2-3-18(13-20)17-9-7-16(8-10-17)15-5-6-15)23-21-12-11-19(26)14-22(21)32-24(27)29-30-25(32)28-23/h2-4,7-15H,5-6H2,1H3,(H2,27,29). The lowest BCUT2D eigenvalue weighted by atomic mass is 10.0. The molecule has 0 amide bonds. The molecule has 0 atom stereocenters. The van der Waals surface area contributed by atoms with Gasteiger partial charge in [0, 0.05) is 23.1 Å². The van der Waals surface area contributed by atoms with Crippen LogP contribution in [0.1, 0.15) is 24.3 Å². The second kappa shape index (κ2) is 7.21. The van der Waals surface area contributed by atoms with Crippen LogP contribution in [0.2, 0.25) is 5.02 Å². The van der Waals surface area contributed by atoms with Crippen molar-refractivity contribution in [1.29, 1.82) is 0 Å². The topological polar surface area (TPSA) is 72.3 Å². The lowest BCUT2D eigenvalue weighted by molar-refractivity contribution is 1.08. The van der Waals surface area contributed by atoms with Crippen LogP contribution in [0.5, 0.6) is 0 Å². The number of rotatable bonds is 4. The van der Waals surface area contributed by atoms with Gasteiger partial charge in [0.25, 0.3) is 5.78 Å². The van der Waals surface area contributed by atoms with E-state index in [1.54, 1.807) is 4.40 Å². The van der Waals surface area contributed by atoms with Crippen molar-refractivity contribution in [2.24, 2.45) is 0 Å². The van der Waals surface area contributed by atoms with Crippen molar-refractivity contribution in [2.75, 3.05) is 17.7 Å². The summed E-state index contributed by atoms with van der Waals surface area (Å²) in [5, 5.41) is 9.65. The summed E-state index contributed by atoms with van der Waals surface area (Å²) in [6.07, 6.45) is 2.63. The van der Waals surface area contributed by atoms with Crippen LogP contribution in [0.15, 0.2) is 66.7 Å². The van der Waals surface area contributed by atoms with Gasteiger partial charge in [-0.3, -0.25) is 0 Å².